The van der Waals surface area contributed by atoms with Gasteiger partial charge in [-0.3, -0.25) is 9.48 Å². The number of benzene rings is 2. The molecule has 24 heavy (non-hydrogen) atoms. The molecule has 2 aromatic carbocycles. The lowest BCUT2D eigenvalue weighted by Gasteiger charge is -2.08. The Kier molecular flexibility index (Phi) is 5.05. The van der Waals surface area contributed by atoms with Gasteiger partial charge in [-0.05, 0) is 36.8 Å². The summed E-state index contributed by atoms with van der Waals surface area (Å²) < 4.78 is 20.0. The van der Waals surface area contributed by atoms with Gasteiger partial charge in [-0.25, -0.2) is 4.39 Å². The average molecular weight is 327 g/mol. The summed E-state index contributed by atoms with van der Waals surface area (Å²) in [5.74, 6) is -0.0721. The molecule has 0 spiro atoms. The topological polar surface area (TPSA) is 56.1 Å². The Labute approximate surface area is 139 Å². The molecule has 1 N–H and O–H groups in total. The first kappa shape index (κ1) is 16.0. The maximum absolute atomic E-state index is 12.8. The summed E-state index contributed by atoms with van der Waals surface area (Å²) in [6.07, 6.45) is 2.61. The molecule has 124 valence electrons. The van der Waals surface area contributed by atoms with Crippen LogP contribution in [-0.4, -0.2) is 28.8 Å². The Morgan fingerprint density at radius 1 is 1.17 bits per heavy atom. The summed E-state index contributed by atoms with van der Waals surface area (Å²) >= 11 is 0. The number of rotatable bonds is 7. The molecule has 0 atom stereocenters. The molecule has 1 heterocycles. The molecule has 0 radical (unpaired) electrons. The van der Waals surface area contributed by atoms with Gasteiger partial charge < -0.3 is 10.1 Å². The molecule has 6 heteroatoms. The van der Waals surface area contributed by atoms with Crippen molar-refractivity contribution in [2.24, 2.45) is 0 Å². The predicted octanol–water partition coefficient (Wildman–Crippen LogP) is 2.76. The lowest BCUT2D eigenvalue weighted by molar-refractivity contribution is -0.123. The molecular formula is C18H18FN3O2. The van der Waals surface area contributed by atoms with Crippen molar-refractivity contribution in [2.75, 3.05) is 13.2 Å². The van der Waals surface area contributed by atoms with Crippen LogP contribution in [0, 0.1) is 5.82 Å². The van der Waals surface area contributed by atoms with Crippen molar-refractivity contribution in [3.63, 3.8) is 0 Å². The quantitative estimate of drug-likeness (QED) is 0.679. The van der Waals surface area contributed by atoms with Crippen LogP contribution in [0.4, 0.5) is 4.39 Å². The van der Waals surface area contributed by atoms with Crippen LogP contribution >= 0.6 is 0 Å². The Bertz CT molecular complexity index is 815. The maximum atomic E-state index is 12.8. The Morgan fingerprint density at radius 3 is 2.79 bits per heavy atom. The number of halogens is 1. The van der Waals surface area contributed by atoms with E-state index >= 15 is 0 Å². The highest BCUT2D eigenvalue weighted by Crippen LogP contribution is 2.13. The third-order valence-corrected chi connectivity index (χ3v) is 3.60. The van der Waals surface area contributed by atoms with Gasteiger partial charge in [0.15, 0.2) is 6.61 Å². The van der Waals surface area contributed by atoms with Crippen molar-refractivity contribution in [1.29, 1.82) is 0 Å². The van der Waals surface area contributed by atoms with Crippen LogP contribution in [0.3, 0.4) is 0 Å². The van der Waals surface area contributed by atoms with E-state index in [1.54, 1.807) is 0 Å². The minimum atomic E-state index is -0.335. The van der Waals surface area contributed by atoms with Gasteiger partial charge in [0.05, 0.1) is 11.7 Å². The number of para-hydroxylation sites is 1. The standard InChI is InChI=1S/C18H18FN3O2/c19-15-6-8-16(9-7-15)24-13-18(23)20-10-3-11-22-17-5-2-1-4-14(17)12-21-22/h1-2,4-9,12H,3,10-11,13H2,(H,20,23). The van der Waals surface area contributed by atoms with Gasteiger partial charge in [0.25, 0.3) is 5.91 Å². The second-order valence-electron chi connectivity index (χ2n) is 5.37. The molecule has 0 saturated carbocycles. The Hall–Kier alpha value is -2.89. The average Bonchev–Trinajstić information content (AvgIpc) is 3.01. The molecule has 0 saturated heterocycles. The number of carbonyl (C=O) groups excluding carboxylic acids is 1. The molecule has 3 aromatic rings. The van der Waals surface area contributed by atoms with Crippen molar-refractivity contribution in [1.82, 2.24) is 15.1 Å². The van der Waals surface area contributed by atoms with Crippen molar-refractivity contribution in [2.45, 2.75) is 13.0 Å². The summed E-state index contributed by atoms with van der Waals surface area (Å²) in [7, 11) is 0. The van der Waals surface area contributed by atoms with Gasteiger partial charge in [0.1, 0.15) is 11.6 Å². The van der Waals surface area contributed by atoms with Crippen LogP contribution in [0.15, 0.2) is 54.7 Å². The number of aromatic nitrogens is 2. The largest absolute Gasteiger partial charge is 0.484 e. The number of fused-ring (bicyclic) bond motifs is 1. The van der Waals surface area contributed by atoms with Crippen molar-refractivity contribution in [3.05, 3.63) is 60.5 Å². The number of hydrogen-bond acceptors (Lipinski definition) is 3. The predicted molar refractivity (Wildman–Crippen MR) is 89.3 cm³/mol. The van der Waals surface area contributed by atoms with Crippen molar-refractivity contribution >= 4 is 16.8 Å². The van der Waals surface area contributed by atoms with E-state index < -0.39 is 0 Å². The van der Waals surface area contributed by atoms with E-state index in [1.165, 1.54) is 24.3 Å². The molecule has 1 aromatic heterocycles. The van der Waals surface area contributed by atoms with Crippen LogP contribution in [0.2, 0.25) is 0 Å². The Balaban J connectivity index is 1.38. The first-order chi connectivity index (χ1) is 11.7. The third kappa shape index (κ3) is 4.10. The normalized spacial score (nSPS) is 10.7. The molecule has 0 aliphatic heterocycles. The van der Waals surface area contributed by atoms with E-state index in [1.807, 2.05) is 35.1 Å². The van der Waals surface area contributed by atoms with Crippen LogP contribution in [-0.2, 0) is 11.3 Å². The maximum Gasteiger partial charge on any atom is 0.257 e. The molecule has 0 unspecified atom stereocenters. The smallest absolute Gasteiger partial charge is 0.257 e. The van der Waals surface area contributed by atoms with Gasteiger partial charge in [-0.15, -0.1) is 0 Å². The van der Waals surface area contributed by atoms with Gasteiger partial charge in [-0.1, -0.05) is 18.2 Å². The Morgan fingerprint density at radius 2 is 1.96 bits per heavy atom. The number of amides is 1. The second kappa shape index (κ2) is 7.59. The summed E-state index contributed by atoms with van der Waals surface area (Å²) in [6, 6.07) is 13.6. The fraction of sp³-hybridized carbons (Fsp3) is 0.222. The molecule has 0 aliphatic rings. The van der Waals surface area contributed by atoms with Gasteiger partial charge in [-0.2, -0.15) is 5.10 Å². The fourth-order valence-electron chi connectivity index (χ4n) is 2.39. The first-order valence-electron chi connectivity index (χ1n) is 7.78. The summed E-state index contributed by atoms with van der Waals surface area (Å²) in [6.45, 7) is 1.18. The molecule has 1 amide bonds. The highest BCUT2D eigenvalue weighted by Gasteiger charge is 2.04. The van der Waals surface area contributed by atoms with Crippen LogP contribution in [0.25, 0.3) is 10.9 Å². The van der Waals surface area contributed by atoms with E-state index in [4.69, 9.17) is 4.74 Å². The number of ether oxygens (including phenoxy) is 1. The van der Waals surface area contributed by atoms with E-state index in [-0.39, 0.29) is 18.3 Å². The minimum Gasteiger partial charge on any atom is -0.484 e. The number of nitrogens with zero attached hydrogens (tertiary/aromatic N) is 2. The van der Waals surface area contributed by atoms with Crippen molar-refractivity contribution < 1.29 is 13.9 Å². The van der Waals surface area contributed by atoms with Crippen LogP contribution in [0.5, 0.6) is 5.75 Å². The molecule has 0 aliphatic carbocycles. The van der Waals surface area contributed by atoms with Gasteiger partial charge >= 0.3 is 0 Å². The molecular weight excluding hydrogens is 309 g/mol. The molecule has 0 bridgehead atoms. The SMILES string of the molecule is O=C(COc1ccc(F)cc1)NCCCn1ncc2ccccc21. The van der Waals surface area contributed by atoms with Gasteiger partial charge in [0, 0.05) is 18.5 Å². The zero-order valence-electron chi connectivity index (χ0n) is 13.1. The lowest BCUT2D eigenvalue weighted by atomic mass is 10.2. The van der Waals surface area contributed by atoms with Crippen molar-refractivity contribution in [3.8, 4) is 5.75 Å². The highest BCUT2D eigenvalue weighted by atomic mass is 19.1. The number of nitrogens with one attached hydrogen (secondary N) is 1. The van der Waals surface area contributed by atoms with E-state index in [0.717, 1.165) is 23.9 Å². The van der Waals surface area contributed by atoms with Crippen LogP contribution in [0.1, 0.15) is 6.42 Å². The molecule has 5 nitrogen and oxygen atoms in total. The number of aryl methyl sites for hydroxylation is 1. The van der Waals surface area contributed by atoms with Crippen LogP contribution < -0.4 is 10.1 Å². The zero-order valence-corrected chi connectivity index (χ0v) is 13.1. The fourth-order valence-corrected chi connectivity index (χ4v) is 2.39. The lowest BCUT2D eigenvalue weighted by Crippen LogP contribution is -2.30. The monoisotopic (exact) mass is 327 g/mol. The first-order valence-corrected chi connectivity index (χ1v) is 7.78. The highest BCUT2D eigenvalue weighted by molar-refractivity contribution is 5.78. The van der Waals surface area contributed by atoms with Gasteiger partial charge in [0.2, 0.25) is 0 Å². The number of carbonyl (C=O) groups is 1. The van der Waals surface area contributed by atoms with E-state index in [0.29, 0.717) is 12.3 Å². The molecule has 0 fully saturated rings. The van der Waals surface area contributed by atoms with E-state index in [9.17, 15) is 9.18 Å². The summed E-state index contributed by atoms with van der Waals surface area (Å²) in [5.41, 5.74) is 1.09. The zero-order chi connectivity index (χ0) is 16.8. The minimum absolute atomic E-state index is 0.0870. The summed E-state index contributed by atoms with van der Waals surface area (Å²) in [5, 5.41) is 8.25. The third-order valence-electron chi connectivity index (χ3n) is 3.60. The second-order valence-corrected chi connectivity index (χ2v) is 5.37. The summed E-state index contributed by atoms with van der Waals surface area (Å²) in [4.78, 5) is 11.7. The van der Waals surface area contributed by atoms with E-state index in [2.05, 4.69) is 10.4 Å². The molecule has 3 rings (SSSR count). The number of hydrogen-bond donors (Lipinski definition) is 1.